The molecule has 0 saturated carbocycles. The Kier molecular flexibility index (Phi) is 2.37. The molecule has 2 aliphatic heterocycles. The molecule has 0 spiro atoms. The van der Waals surface area contributed by atoms with Gasteiger partial charge in [0.15, 0.2) is 0 Å². The van der Waals surface area contributed by atoms with E-state index in [1.807, 2.05) is 0 Å². The number of nitrogens with zero attached hydrogens (tertiary/aromatic N) is 3. The van der Waals surface area contributed by atoms with Gasteiger partial charge in [-0.3, -0.25) is 9.48 Å². The molecule has 1 aromatic rings. The van der Waals surface area contributed by atoms with E-state index >= 15 is 0 Å². The number of aromatic nitrogens is 2. The minimum Gasteiger partial charge on any atom is -0.377 e. The van der Waals surface area contributed by atoms with Crippen LogP contribution in [0, 0.1) is 0 Å². The third kappa shape index (κ3) is 1.76. The molecule has 0 radical (unpaired) electrons. The summed E-state index contributed by atoms with van der Waals surface area (Å²) >= 11 is 0. The Hall–Kier alpha value is -1.57. The van der Waals surface area contributed by atoms with Gasteiger partial charge in [0.25, 0.3) is 0 Å². The topological polar surface area (TPSA) is 47.4 Å². The lowest BCUT2D eigenvalue weighted by atomic mass is 10.2. The van der Waals surface area contributed by atoms with E-state index in [1.54, 1.807) is 10.9 Å². The molecule has 3 heterocycles. The maximum atomic E-state index is 12.3. The van der Waals surface area contributed by atoms with Crippen molar-refractivity contribution in [3.05, 3.63) is 17.5 Å². The summed E-state index contributed by atoms with van der Waals surface area (Å²) < 4.78 is 43.5. The Morgan fingerprint density at radius 2 is 2.11 bits per heavy atom. The first-order chi connectivity index (χ1) is 8.45. The fourth-order valence-corrected chi connectivity index (χ4v) is 2.06. The molecule has 1 fully saturated rings. The minimum absolute atomic E-state index is 0.0265. The van der Waals surface area contributed by atoms with Crippen molar-refractivity contribution in [1.29, 1.82) is 0 Å². The highest BCUT2D eigenvalue weighted by atomic mass is 19.4. The molecule has 8 heteroatoms. The highest BCUT2D eigenvalue weighted by molar-refractivity contribution is 5.82. The van der Waals surface area contributed by atoms with Crippen LogP contribution in [0.3, 0.4) is 0 Å². The molecule has 98 valence electrons. The summed E-state index contributed by atoms with van der Waals surface area (Å²) in [5.41, 5.74) is 1.22. The molecule has 1 amide bonds. The highest BCUT2D eigenvalue weighted by Crippen LogP contribution is 2.28. The normalized spacial score (nSPS) is 19.8. The third-order valence-electron chi connectivity index (χ3n) is 3.12. The quantitative estimate of drug-likeness (QED) is 0.753. The van der Waals surface area contributed by atoms with Gasteiger partial charge in [0.2, 0.25) is 0 Å². The summed E-state index contributed by atoms with van der Waals surface area (Å²) in [5.74, 6) is -1.81. The number of ether oxygens (including phenoxy) is 1. The van der Waals surface area contributed by atoms with Crippen LogP contribution in [-0.4, -0.2) is 40.0 Å². The summed E-state index contributed by atoms with van der Waals surface area (Å²) in [6.45, 7) is 1.05. The lowest BCUT2D eigenvalue weighted by Crippen LogP contribution is -2.38. The fraction of sp³-hybridized carbons (Fsp3) is 0.600. The molecule has 5 nitrogen and oxygen atoms in total. The van der Waals surface area contributed by atoms with Gasteiger partial charge in [0, 0.05) is 18.3 Å². The van der Waals surface area contributed by atoms with Gasteiger partial charge in [-0.25, -0.2) is 0 Å². The Morgan fingerprint density at radius 1 is 1.39 bits per heavy atom. The van der Waals surface area contributed by atoms with Crippen LogP contribution in [0.1, 0.15) is 17.3 Å². The zero-order chi connectivity index (χ0) is 12.9. The van der Waals surface area contributed by atoms with Crippen molar-refractivity contribution in [2.24, 2.45) is 0 Å². The monoisotopic (exact) mass is 261 g/mol. The fourth-order valence-electron chi connectivity index (χ4n) is 2.06. The molecule has 0 atom stereocenters. The Morgan fingerprint density at radius 3 is 2.61 bits per heavy atom. The molecule has 3 rings (SSSR count). The number of alkyl halides is 3. The molecule has 0 aromatic carbocycles. The first kappa shape index (κ1) is 11.5. The smallest absolute Gasteiger partial charge is 0.377 e. The molecule has 0 unspecified atom stereocenters. The highest BCUT2D eigenvalue weighted by Gasteiger charge is 2.44. The first-order valence-electron chi connectivity index (χ1n) is 5.46. The Bertz CT molecular complexity index is 470. The molecular formula is C10H10F3N3O2. The van der Waals surface area contributed by atoms with E-state index in [2.05, 4.69) is 5.10 Å². The van der Waals surface area contributed by atoms with Crippen LogP contribution in [0.15, 0.2) is 6.20 Å². The van der Waals surface area contributed by atoms with Crippen LogP contribution in [0.2, 0.25) is 0 Å². The molecular weight excluding hydrogens is 251 g/mol. The van der Waals surface area contributed by atoms with Crippen molar-refractivity contribution in [2.75, 3.05) is 13.2 Å². The van der Waals surface area contributed by atoms with Crippen LogP contribution in [0.5, 0.6) is 0 Å². The third-order valence-corrected chi connectivity index (χ3v) is 3.12. The SMILES string of the molecule is O=C(N1Cc2cn(C3COC3)nc2C1)C(F)(F)F. The number of rotatable bonds is 1. The number of hydrogen-bond acceptors (Lipinski definition) is 3. The summed E-state index contributed by atoms with van der Waals surface area (Å²) in [7, 11) is 0. The van der Waals surface area contributed by atoms with E-state index in [0.717, 1.165) is 4.90 Å². The number of amides is 1. The van der Waals surface area contributed by atoms with Crippen molar-refractivity contribution in [1.82, 2.24) is 14.7 Å². The number of halogens is 3. The molecule has 1 saturated heterocycles. The van der Waals surface area contributed by atoms with Crippen LogP contribution in [0.25, 0.3) is 0 Å². The summed E-state index contributed by atoms with van der Waals surface area (Å²) in [4.78, 5) is 11.8. The Balaban J connectivity index is 1.73. The lowest BCUT2D eigenvalue weighted by molar-refractivity contribution is -0.186. The molecule has 0 bridgehead atoms. The van der Waals surface area contributed by atoms with Gasteiger partial charge in [-0.1, -0.05) is 0 Å². The van der Waals surface area contributed by atoms with Gasteiger partial charge in [0.1, 0.15) is 0 Å². The van der Waals surface area contributed by atoms with Gasteiger partial charge in [0.05, 0.1) is 31.5 Å². The maximum absolute atomic E-state index is 12.3. The van der Waals surface area contributed by atoms with E-state index in [0.29, 0.717) is 24.5 Å². The van der Waals surface area contributed by atoms with Crippen molar-refractivity contribution in [3.63, 3.8) is 0 Å². The average molecular weight is 261 g/mol. The van der Waals surface area contributed by atoms with E-state index < -0.39 is 12.1 Å². The Labute approximate surface area is 100 Å². The van der Waals surface area contributed by atoms with Crippen LogP contribution in [-0.2, 0) is 22.6 Å². The average Bonchev–Trinajstić information content (AvgIpc) is 2.69. The molecule has 1 aromatic heterocycles. The van der Waals surface area contributed by atoms with Gasteiger partial charge in [-0.15, -0.1) is 0 Å². The van der Waals surface area contributed by atoms with Crippen LogP contribution >= 0.6 is 0 Å². The van der Waals surface area contributed by atoms with Gasteiger partial charge in [-0.05, 0) is 0 Å². The van der Waals surface area contributed by atoms with Crippen molar-refractivity contribution in [2.45, 2.75) is 25.3 Å². The number of carbonyl (C=O) groups excluding carboxylic acids is 1. The van der Waals surface area contributed by atoms with E-state index in [-0.39, 0.29) is 19.1 Å². The zero-order valence-corrected chi connectivity index (χ0v) is 9.28. The second-order valence-electron chi connectivity index (χ2n) is 4.43. The lowest BCUT2D eigenvalue weighted by Gasteiger charge is -2.26. The molecule has 18 heavy (non-hydrogen) atoms. The van der Waals surface area contributed by atoms with E-state index in [1.165, 1.54) is 0 Å². The van der Waals surface area contributed by atoms with Crippen molar-refractivity contribution < 1.29 is 22.7 Å². The molecule has 2 aliphatic rings. The van der Waals surface area contributed by atoms with Gasteiger partial charge < -0.3 is 9.64 Å². The zero-order valence-electron chi connectivity index (χ0n) is 9.28. The number of carbonyl (C=O) groups is 1. The summed E-state index contributed by atoms with van der Waals surface area (Å²) in [5, 5.41) is 4.20. The van der Waals surface area contributed by atoms with E-state index in [9.17, 15) is 18.0 Å². The molecule has 0 N–H and O–H groups in total. The predicted octanol–water partition coefficient (Wildman–Crippen LogP) is 0.859. The first-order valence-corrected chi connectivity index (χ1v) is 5.46. The predicted molar refractivity (Wildman–Crippen MR) is 52.4 cm³/mol. The maximum Gasteiger partial charge on any atom is 0.471 e. The van der Waals surface area contributed by atoms with Crippen LogP contribution < -0.4 is 0 Å². The standard InChI is InChI=1S/C10H10F3N3O2/c11-10(12,13)9(17)15-1-6-2-16(7-4-18-5-7)14-8(6)3-15/h2,7H,1,3-5H2. The second kappa shape index (κ2) is 3.71. The van der Waals surface area contributed by atoms with Gasteiger partial charge >= 0.3 is 12.1 Å². The number of hydrogen-bond donors (Lipinski definition) is 0. The second-order valence-corrected chi connectivity index (χ2v) is 4.43. The largest absolute Gasteiger partial charge is 0.471 e. The summed E-state index contributed by atoms with van der Waals surface area (Å²) in [6, 6.07) is 0.169. The van der Waals surface area contributed by atoms with Crippen molar-refractivity contribution >= 4 is 5.91 Å². The summed E-state index contributed by atoms with van der Waals surface area (Å²) in [6.07, 6.45) is -3.12. The van der Waals surface area contributed by atoms with Crippen molar-refractivity contribution in [3.8, 4) is 0 Å². The van der Waals surface area contributed by atoms with Gasteiger partial charge in [-0.2, -0.15) is 18.3 Å². The minimum atomic E-state index is -4.82. The van der Waals surface area contributed by atoms with Crippen LogP contribution in [0.4, 0.5) is 13.2 Å². The molecule has 0 aliphatic carbocycles. The van der Waals surface area contributed by atoms with E-state index in [4.69, 9.17) is 4.74 Å². The number of fused-ring (bicyclic) bond motifs is 1.